The summed E-state index contributed by atoms with van der Waals surface area (Å²) in [5.74, 6) is -0.488. The van der Waals surface area contributed by atoms with Crippen LogP contribution in [-0.2, 0) is 14.6 Å². The lowest BCUT2D eigenvalue weighted by Crippen LogP contribution is -2.62. The molecule has 0 aromatic carbocycles. The fourth-order valence-corrected chi connectivity index (χ4v) is 3.96. The average molecular weight is 232 g/mol. The third-order valence-electron chi connectivity index (χ3n) is 3.05. The van der Waals surface area contributed by atoms with E-state index in [0.717, 1.165) is 12.8 Å². The fourth-order valence-electron chi connectivity index (χ4n) is 2.11. The monoisotopic (exact) mass is 232 g/mol. The van der Waals surface area contributed by atoms with Crippen molar-refractivity contribution in [3.8, 4) is 0 Å². The standard InChI is InChI=1S/C9H16N2O3S/c10-8(12)9(11-7-2-3-7)4-1-5-15(13,14)6-9/h7,11H,1-6H2,(H2,10,12). The van der Waals surface area contributed by atoms with Gasteiger partial charge < -0.3 is 5.73 Å². The van der Waals surface area contributed by atoms with Gasteiger partial charge in [-0.05, 0) is 25.7 Å². The highest BCUT2D eigenvalue weighted by molar-refractivity contribution is 7.91. The molecule has 1 saturated heterocycles. The van der Waals surface area contributed by atoms with Crippen LogP contribution in [0.4, 0.5) is 0 Å². The maximum absolute atomic E-state index is 11.5. The Hall–Kier alpha value is -0.620. The van der Waals surface area contributed by atoms with Crippen molar-refractivity contribution in [2.24, 2.45) is 5.73 Å². The average Bonchev–Trinajstić information content (AvgIpc) is 2.85. The van der Waals surface area contributed by atoms with E-state index in [2.05, 4.69) is 5.32 Å². The first-order valence-corrected chi connectivity index (χ1v) is 7.04. The van der Waals surface area contributed by atoms with Crippen LogP contribution in [0.2, 0.25) is 0 Å². The summed E-state index contributed by atoms with van der Waals surface area (Å²) < 4.78 is 23.0. The zero-order chi connectivity index (χ0) is 11.1. The normalized spacial score (nSPS) is 34.9. The predicted octanol–water partition coefficient (Wildman–Crippen LogP) is -0.829. The second kappa shape index (κ2) is 3.45. The summed E-state index contributed by atoms with van der Waals surface area (Å²) >= 11 is 0. The van der Waals surface area contributed by atoms with Gasteiger partial charge in [0.15, 0.2) is 9.84 Å². The number of hydrogen-bond acceptors (Lipinski definition) is 4. The molecule has 15 heavy (non-hydrogen) atoms. The largest absolute Gasteiger partial charge is 0.368 e. The van der Waals surface area contributed by atoms with Gasteiger partial charge in [0.25, 0.3) is 0 Å². The third kappa shape index (κ3) is 2.31. The molecule has 0 spiro atoms. The van der Waals surface area contributed by atoms with Crippen LogP contribution in [0.1, 0.15) is 25.7 Å². The SMILES string of the molecule is NC(=O)C1(NC2CC2)CCCS(=O)(=O)C1. The Balaban J connectivity index is 2.20. The molecule has 0 aromatic heterocycles. The summed E-state index contributed by atoms with van der Waals surface area (Å²) in [6.07, 6.45) is 3.08. The van der Waals surface area contributed by atoms with Gasteiger partial charge in [-0.3, -0.25) is 10.1 Å². The van der Waals surface area contributed by atoms with E-state index in [4.69, 9.17) is 5.73 Å². The van der Waals surface area contributed by atoms with Crippen LogP contribution in [0.3, 0.4) is 0 Å². The van der Waals surface area contributed by atoms with Gasteiger partial charge in [-0.2, -0.15) is 0 Å². The Morgan fingerprint density at radius 1 is 1.40 bits per heavy atom. The molecule has 86 valence electrons. The van der Waals surface area contributed by atoms with Crippen molar-refractivity contribution in [3.05, 3.63) is 0 Å². The molecule has 1 amide bonds. The minimum atomic E-state index is -3.12. The van der Waals surface area contributed by atoms with E-state index < -0.39 is 21.3 Å². The van der Waals surface area contributed by atoms with Gasteiger partial charge in [0.05, 0.1) is 11.5 Å². The van der Waals surface area contributed by atoms with Crippen LogP contribution in [0, 0.1) is 0 Å². The van der Waals surface area contributed by atoms with Gasteiger partial charge in [-0.25, -0.2) is 8.42 Å². The van der Waals surface area contributed by atoms with E-state index in [9.17, 15) is 13.2 Å². The number of amides is 1. The Kier molecular flexibility index (Phi) is 2.50. The molecule has 1 aliphatic carbocycles. The van der Waals surface area contributed by atoms with Crippen LogP contribution in [0.25, 0.3) is 0 Å². The summed E-state index contributed by atoms with van der Waals surface area (Å²) in [7, 11) is -3.12. The molecular weight excluding hydrogens is 216 g/mol. The Morgan fingerprint density at radius 2 is 2.07 bits per heavy atom. The van der Waals surface area contributed by atoms with Crippen LogP contribution >= 0.6 is 0 Å². The topological polar surface area (TPSA) is 89.3 Å². The van der Waals surface area contributed by atoms with Gasteiger partial charge in [-0.1, -0.05) is 0 Å². The first-order valence-electron chi connectivity index (χ1n) is 5.22. The number of rotatable bonds is 3. The lowest BCUT2D eigenvalue weighted by molar-refractivity contribution is -0.124. The van der Waals surface area contributed by atoms with Gasteiger partial charge in [0.1, 0.15) is 5.54 Å². The zero-order valence-electron chi connectivity index (χ0n) is 8.53. The zero-order valence-corrected chi connectivity index (χ0v) is 9.35. The fraction of sp³-hybridized carbons (Fsp3) is 0.889. The van der Waals surface area contributed by atoms with Crippen LogP contribution < -0.4 is 11.1 Å². The summed E-state index contributed by atoms with van der Waals surface area (Å²) in [4.78, 5) is 11.4. The van der Waals surface area contributed by atoms with Crippen molar-refractivity contribution in [1.29, 1.82) is 0 Å². The molecular formula is C9H16N2O3S. The van der Waals surface area contributed by atoms with Gasteiger partial charge in [0.2, 0.25) is 5.91 Å². The predicted molar refractivity (Wildman–Crippen MR) is 56.0 cm³/mol. The molecule has 2 rings (SSSR count). The highest BCUT2D eigenvalue weighted by Crippen LogP contribution is 2.29. The van der Waals surface area contributed by atoms with E-state index in [0.29, 0.717) is 12.8 Å². The molecule has 1 unspecified atom stereocenters. The molecule has 3 N–H and O–H groups in total. The molecule has 6 heteroatoms. The Bertz CT molecular complexity index is 375. The molecule has 1 aliphatic heterocycles. The number of sulfone groups is 1. The van der Waals surface area contributed by atoms with Crippen LogP contribution in [0.5, 0.6) is 0 Å². The first kappa shape index (κ1) is 10.9. The lowest BCUT2D eigenvalue weighted by Gasteiger charge is -2.34. The van der Waals surface area contributed by atoms with Crippen LogP contribution in [-0.4, -0.2) is 37.4 Å². The maximum Gasteiger partial charge on any atom is 0.238 e. The first-order chi connectivity index (χ1) is 6.94. The molecule has 2 fully saturated rings. The molecule has 1 heterocycles. The smallest absolute Gasteiger partial charge is 0.238 e. The molecule has 5 nitrogen and oxygen atoms in total. The minimum absolute atomic E-state index is 0.133. The number of nitrogens with one attached hydrogen (secondary N) is 1. The number of primary amides is 1. The number of carbonyl (C=O) groups is 1. The molecule has 1 atom stereocenters. The minimum Gasteiger partial charge on any atom is -0.368 e. The number of hydrogen-bond donors (Lipinski definition) is 2. The van der Waals surface area contributed by atoms with Gasteiger partial charge in [-0.15, -0.1) is 0 Å². The molecule has 0 aromatic rings. The Morgan fingerprint density at radius 3 is 2.53 bits per heavy atom. The van der Waals surface area contributed by atoms with Crippen molar-refractivity contribution < 1.29 is 13.2 Å². The van der Waals surface area contributed by atoms with Gasteiger partial charge in [0, 0.05) is 6.04 Å². The highest BCUT2D eigenvalue weighted by Gasteiger charge is 2.46. The number of nitrogens with two attached hydrogens (primary N) is 1. The third-order valence-corrected chi connectivity index (χ3v) is 4.90. The van der Waals surface area contributed by atoms with E-state index in [1.54, 1.807) is 0 Å². The molecule has 1 saturated carbocycles. The summed E-state index contributed by atoms with van der Waals surface area (Å²) in [6.45, 7) is 0. The van der Waals surface area contributed by atoms with Crippen molar-refractivity contribution in [1.82, 2.24) is 5.32 Å². The van der Waals surface area contributed by atoms with E-state index in [1.807, 2.05) is 0 Å². The van der Waals surface area contributed by atoms with E-state index >= 15 is 0 Å². The molecule has 0 bridgehead atoms. The van der Waals surface area contributed by atoms with E-state index in [-0.39, 0.29) is 17.5 Å². The summed E-state index contributed by atoms with van der Waals surface area (Å²) in [5.41, 5.74) is 4.33. The summed E-state index contributed by atoms with van der Waals surface area (Å²) in [5, 5.41) is 3.11. The van der Waals surface area contributed by atoms with E-state index in [1.165, 1.54) is 0 Å². The van der Waals surface area contributed by atoms with Gasteiger partial charge >= 0.3 is 0 Å². The molecule has 0 radical (unpaired) electrons. The molecule has 2 aliphatic rings. The van der Waals surface area contributed by atoms with Crippen molar-refractivity contribution >= 4 is 15.7 Å². The van der Waals surface area contributed by atoms with Crippen molar-refractivity contribution in [2.75, 3.05) is 11.5 Å². The highest BCUT2D eigenvalue weighted by atomic mass is 32.2. The van der Waals surface area contributed by atoms with Crippen LogP contribution in [0.15, 0.2) is 0 Å². The van der Waals surface area contributed by atoms with Crippen molar-refractivity contribution in [3.63, 3.8) is 0 Å². The quantitative estimate of drug-likeness (QED) is 0.664. The van der Waals surface area contributed by atoms with Crippen molar-refractivity contribution in [2.45, 2.75) is 37.3 Å². The summed E-state index contributed by atoms with van der Waals surface area (Å²) in [6, 6.07) is 0.283. The lowest BCUT2D eigenvalue weighted by atomic mass is 9.94. The number of carbonyl (C=O) groups excluding carboxylic acids is 1. The second-order valence-electron chi connectivity index (χ2n) is 4.56. The Labute approximate surface area is 89.3 Å². The second-order valence-corrected chi connectivity index (χ2v) is 6.74. The maximum atomic E-state index is 11.5.